The van der Waals surface area contributed by atoms with Gasteiger partial charge in [-0.1, -0.05) is 24.3 Å². The van der Waals surface area contributed by atoms with Crippen LogP contribution in [-0.2, 0) is 13.1 Å². The largest absolute Gasteiger partial charge is 0.477 e. The molecule has 0 radical (unpaired) electrons. The molecule has 100 valence electrons. The van der Waals surface area contributed by atoms with Crippen molar-refractivity contribution in [2.45, 2.75) is 20.0 Å². The fourth-order valence-electron chi connectivity index (χ4n) is 1.77. The van der Waals surface area contributed by atoms with Gasteiger partial charge in [-0.25, -0.2) is 0 Å². The van der Waals surface area contributed by atoms with Gasteiger partial charge in [0.25, 0.3) is 0 Å². The third-order valence-electron chi connectivity index (χ3n) is 2.70. The normalized spacial score (nSPS) is 10.2. The number of nitrogens with one attached hydrogen (secondary N) is 1. The smallest absolute Gasteiger partial charge is 0.234 e. The van der Waals surface area contributed by atoms with Gasteiger partial charge in [0.2, 0.25) is 5.88 Å². The van der Waals surface area contributed by atoms with Crippen LogP contribution in [0.1, 0.15) is 18.1 Å². The van der Waals surface area contributed by atoms with Crippen LogP contribution in [-0.4, -0.2) is 16.6 Å². The lowest BCUT2D eigenvalue weighted by atomic mass is 10.1. The Labute approximate surface area is 112 Å². The van der Waals surface area contributed by atoms with E-state index in [-0.39, 0.29) is 0 Å². The van der Waals surface area contributed by atoms with E-state index in [9.17, 15) is 0 Å². The Morgan fingerprint density at radius 2 is 2.00 bits per heavy atom. The molecule has 0 amide bonds. The monoisotopic (exact) mass is 258 g/mol. The Hall–Kier alpha value is -2.14. The zero-order valence-electron chi connectivity index (χ0n) is 11.0. The SMILES string of the molecule is CCOc1cncc(NCc2ccccc2CN)n1. The van der Waals surface area contributed by atoms with Crippen molar-refractivity contribution in [2.24, 2.45) is 5.73 Å². The molecule has 0 saturated heterocycles. The van der Waals surface area contributed by atoms with Crippen molar-refractivity contribution in [2.75, 3.05) is 11.9 Å². The molecule has 5 heteroatoms. The van der Waals surface area contributed by atoms with Crippen LogP contribution in [0, 0.1) is 0 Å². The summed E-state index contributed by atoms with van der Waals surface area (Å²) in [5.41, 5.74) is 8.00. The second-order valence-electron chi connectivity index (χ2n) is 4.00. The van der Waals surface area contributed by atoms with Crippen LogP contribution < -0.4 is 15.8 Å². The van der Waals surface area contributed by atoms with Crippen LogP contribution in [0.25, 0.3) is 0 Å². The van der Waals surface area contributed by atoms with E-state index in [1.54, 1.807) is 12.4 Å². The molecule has 0 spiro atoms. The van der Waals surface area contributed by atoms with E-state index in [2.05, 4.69) is 21.4 Å². The Morgan fingerprint density at radius 3 is 2.74 bits per heavy atom. The molecule has 0 bridgehead atoms. The van der Waals surface area contributed by atoms with E-state index >= 15 is 0 Å². The Morgan fingerprint density at radius 1 is 1.21 bits per heavy atom. The van der Waals surface area contributed by atoms with Gasteiger partial charge < -0.3 is 15.8 Å². The zero-order valence-corrected chi connectivity index (χ0v) is 11.0. The van der Waals surface area contributed by atoms with Gasteiger partial charge in [-0.05, 0) is 18.1 Å². The quantitative estimate of drug-likeness (QED) is 0.828. The van der Waals surface area contributed by atoms with E-state index in [0.29, 0.717) is 31.4 Å². The number of hydrogen-bond acceptors (Lipinski definition) is 5. The van der Waals surface area contributed by atoms with Gasteiger partial charge in [0, 0.05) is 13.1 Å². The molecular formula is C14H18N4O. The van der Waals surface area contributed by atoms with Crippen molar-refractivity contribution in [1.29, 1.82) is 0 Å². The first-order valence-corrected chi connectivity index (χ1v) is 6.29. The van der Waals surface area contributed by atoms with Crippen molar-refractivity contribution in [3.63, 3.8) is 0 Å². The molecule has 19 heavy (non-hydrogen) atoms. The molecule has 2 rings (SSSR count). The summed E-state index contributed by atoms with van der Waals surface area (Å²) in [6.07, 6.45) is 3.27. The maximum Gasteiger partial charge on any atom is 0.234 e. The second kappa shape index (κ2) is 6.70. The number of hydrogen-bond donors (Lipinski definition) is 2. The Balaban J connectivity index is 2.03. The number of ether oxygens (including phenoxy) is 1. The summed E-state index contributed by atoms with van der Waals surface area (Å²) in [6.45, 7) is 3.69. The van der Waals surface area contributed by atoms with Crippen LogP contribution in [0.5, 0.6) is 5.88 Å². The lowest BCUT2D eigenvalue weighted by Gasteiger charge is -2.10. The molecule has 0 aliphatic heterocycles. The first-order valence-electron chi connectivity index (χ1n) is 6.29. The van der Waals surface area contributed by atoms with Gasteiger partial charge in [0.05, 0.1) is 19.0 Å². The van der Waals surface area contributed by atoms with Crippen molar-refractivity contribution in [1.82, 2.24) is 9.97 Å². The second-order valence-corrected chi connectivity index (χ2v) is 4.00. The molecule has 5 nitrogen and oxygen atoms in total. The molecule has 0 unspecified atom stereocenters. The molecule has 0 saturated carbocycles. The molecule has 3 N–H and O–H groups in total. The zero-order chi connectivity index (χ0) is 13.5. The lowest BCUT2D eigenvalue weighted by Crippen LogP contribution is -2.07. The minimum atomic E-state index is 0.527. The average Bonchev–Trinajstić information content (AvgIpc) is 2.46. The fraction of sp³-hybridized carbons (Fsp3) is 0.286. The van der Waals surface area contributed by atoms with Gasteiger partial charge in [-0.2, -0.15) is 4.98 Å². The molecule has 0 aliphatic carbocycles. The number of rotatable bonds is 6. The predicted molar refractivity (Wildman–Crippen MR) is 74.9 cm³/mol. The molecule has 2 aromatic rings. The topological polar surface area (TPSA) is 73.1 Å². The first kappa shape index (κ1) is 13.3. The highest BCUT2D eigenvalue weighted by Crippen LogP contribution is 2.12. The number of aromatic nitrogens is 2. The minimum Gasteiger partial charge on any atom is -0.477 e. The highest BCUT2D eigenvalue weighted by molar-refractivity contribution is 5.36. The van der Waals surface area contributed by atoms with Gasteiger partial charge in [0.15, 0.2) is 0 Å². The summed E-state index contributed by atoms with van der Waals surface area (Å²) >= 11 is 0. The van der Waals surface area contributed by atoms with Gasteiger partial charge in [-0.15, -0.1) is 0 Å². The maximum atomic E-state index is 5.71. The summed E-state index contributed by atoms with van der Waals surface area (Å²) in [6, 6.07) is 8.06. The molecule has 1 aromatic carbocycles. The molecule has 1 aromatic heterocycles. The van der Waals surface area contributed by atoms with E-state index in [0.717, 1.165) is 11.1 Å². The third kappa shape index (κ3) is 3.66. The van der Waals surface area contributed by atoms with Crippen molar-refractivity contribution >= 4 is 5.82 Å². The van der Waals surface area contributed by atoms with Crippen molar-refractivity contribution in [3.8, 4) is 5.88 Å². The van der Waals surface area contributed by atoms with Gasteiger partial charge in [0.1, 0.15) is 5.82 Å². The third-order valence-corrected chi connectivity index (χ3v) is 2.70. The molecule has 0 fully saturated rings. The lowest BCUT2D eigenvalue weighted by molar-refractivity contribution is 0.325. The van der Waals surface area contributed by atoms with E-state index in [4.69, 9.17) is 10.5 Å². The number of anilines is 1. The maximum absolute atomic E-state index is 5.71. The Bertz CT molecular complexity index is 530. The molecule has 0 aliphatic rings. The summed E-state index contributed by atoms with van der Waals surface area (Å²) in [5, 5.41) is 3.23. The number of benzene rings is 1. The van der Waals surface area contributed by atoms with Crippen LogP contribution in [0.2, 0.25) is 0 Å². The molecular weight excluding hydrogens is 240 g/mol. The van der Waals surface area contributed by atoms with Gasteiger partial charge in [-0.3, -0.25) is 4.98 Å². The van der Waals surface area contributed by atoms with Crippen molar-refractivity contribution < 1.29 is 4.74 Å². The highest BCUT2D eigenvalue weighted by atomic mass is 16.5. The van der Waals surface area contributed by atoms with Crippen LogP contribution in [0.4, 0.5) is 5.82 Å². The molecule has 1 heterocycles. The van der Waals surface area contributed by atoms with Crippen molar-refractivity contribution in [3.05, 3.63) is 47.8 Å². The van der Waals surface area contributed by atoms with E-state index < -0.39 is 0 Å². The van der Waals surface area contributed by atoms with Crippen LogP contribution >= 0.6 is 0 Å². The van der Waals surface area contributed by atoms with Crippen LogP contribution in [0.3, 0.4) is 0 Å². The number of nitrogens with zero attached hydrogens (tertiary/aromatic N) is 2. The summed E-state index contributed by atoms with van der Waals surface area (Å²) in [5.74, 6) is 1.22. The first-order chi connectivity index (χ1) is 9.33. The van der Waals surface area contributed by atoms with Gasteiger partial charge >= 0.3 is 0 Å². The predicted octanol–water partition coefficient (Wildman–Crippen LogP) is 1.95. The standard InChI is InChI=1S/C14H18N4O/c1-2-19-14-10-16-9-13(18-14)17-8-12-6-4-3-5-11(12)7-15/h3-6,9-10H,2,7-8,15H2,1H3,(H,17,18). The highest BCUT2D eigenvalue weighted by Gasteiger charge is 2.02. The Kier molecular flexibility index (Phi) is 4.69. The summed E-state index contributed by atoms with van der Waals surface area (Å²) in [4.78, 5) is 8.39. The average molecular weight is 258 g/mol. The fourth-order valence-corrected chi connectivity index (χ4v) is 1.77. The molecule has 0 atom stereocenters. The summed E-state index contributed by atoms with van der Waals surface area (Å²) in [7, 11) is 0. The van der Waals surface area contributed by atoms with E-state index in [1.807, 2.05) is 25.1 Å². The minimum absolute atomic E-state index is 0.527. The summed E-state index contributed by atoms with van der Waals surface area (Å²) < 4.78 is 5.31. The van der Waals surface area contributed by atoms with Crippen LogP contribution in [0.15, 0.2) is 36.7 Å². The number of nitrogens with two attached hydrogens (primary N) is 1. The van der Waals surface area contributed by atoms with E-state index in [1.165, 1.54) is 0 Å².